The number of pyridine rings is 1. The van der Waals surface area contributed by atoms with Gasteiger partial charge in [0.1, 0.15) is 5.82 Å². The van der Waals surface area contributed by atoms with Crippen LogP contribution in [0, 0.1) is 11.3 Å². The highest BCUT2D eigenvalue weighted by Gasteiger charge is 2.05. The van der Waals surface area contributed by atoms with Crippen LogP contribution in [-0.4, -0.2) is 4.98 Å². The van der Waals surface area contributed by atoms with Crippen LogP contribution in [0.4, 0.5) is 5.82 Å². The zero-order valence-electron chi connectivity index (χ0n) is 9.59. The lowest BCUT2D eigenvalue weighted by molar-refractivity contribution is 0.874. The van der Waals surface area contributed by atoms with Gasteiger partial charge in [-0.3, -0.25) is 0 Å². The average Bonchev–Trinajstić information content (AvgIpc) is 2.40. The first-order valence-electron chi connectivity index (χ1n) is 5.47. The third-order valence-corrected chi connectivity index (χ3v) is 2.55. The topological polar surface area (TPSA) is 48.7 Å². The lowest BCUT2D eigenvalue weighted by atomic mass is 10.1. The van der Waals surface area contributed by atoms with Gasteiger partial charge in [-0.05, 0) is 24.6 Å². The van der Waals surface area contributed by atoms with Gasteiger partial charge < -0.3 is 5.32 Å². The second-order valence-corrected chi connectivity index (χ2v) is 3.82. The summed E-state index contributed by atoms with van der Waals surface area (Å²) in [6.45, 7) is 2.07. The first-order chi connectivity index (χ1) is 8.29. The molecule has 0 spiro atoms. The van der Waals surface area contributed by atoms with E-state index >= 15 is 0 Å². The molecule has 1 aromatic carbocycles. The van der Waals surface area contributed by atoms with E-state index in [-0.39, 0.29) is 6.04 Å². The smallest absolute Gasteiger partial charge is 0.127 e. The van der Waals surface area contributed by atoms with Gasteiger partial charge in [-0.15, -0.1) is 0 Å². The summed E-state index contributed by atoms with van der Waals surface area (Å²) in [4.78, 5) is 4.19. The van der Waals surface area contributed by atoms with E-state index in [9.17, 15) is 0 Å². The third kappa shape index (κ3) is 2.82. The predicted octanol–water partition coefficient (Wildman–Crippen LogP) is 3.13. The molecule has 0 amide bonds. The minimum absolute atomic E-state index is 0.164. The van der Waals surface area contributed by atoms with Crippen molar-refractivity contribution >= 4 is 5.82 Å². The lowest BCUT2D eigenvalue weighted by Gasteiger charge is -2.14. The minimum Gasteiger partial charge on any atom is -0.364 e. The Kier molecular flexibility index (Phi) is 3.37. The van der Waals surface area contributed by atoms with Crippen LogP contribution in [0.1, 0.15) is 24.1 Å². The van der Waals surface area contributed by atoms with E-state index in [1.807, 2.05) is 18.2 Å². The van der Waals surface area contributed by atoms with Crippen molar-refractivity contribution < 1.29 is 0 Å². The van der Waals surface area contributed by atoms with Gasteiger partial charge in [0.15, 0.2) is 0 Å². The molecule has 1 heterocycles. The van der Waals surface area contributed by atoms with Crippen molar-refractivity contribution in [1.82, 2.24) is 4.98 Å². The molecule has 2 rings (SSSR count). The van der Waals surface area contributed by atoms with Gasteiger partial charge in [-0.25, -0.2) is 4.98 Å². The van der Waals surface area contributed by atoms with E-state index in [2.05, 4.69) is 35.4 Å². The molecule has 0 saturated heterocycles. The number of rotatable bonds is 3. The van der Waals surface area contributed by atoms with Crippen LogP contribution in [0.25, 0.3) is 0 Å². The fourth-order valence-corrected chi connectivity index (χ4v) is 1.63. The van der Waals surface area contributed by atoms with Crippen molar-refractivity contribution in [2.45, 2.75) is 13.0 Å². The van der Waals surface area contributed by atoms with Crippen molar-refractivity contribution in [1.29, 1.82) is 5.26 Å². The highest BCUT2D eigenvalue weighted by atomic mass is 15.0. The van der Waals surface area contributed by atoms with Gasteiger partial charge in [-0.2, -0.15) is 5.26 Å². The van der Waals surface area contributed by atoms with Gasteiger partial charge in [0.05, 0.1) is 11.6 Å². The van der Waals surface area contributed by atoms with Gasteiger partial charge >= 0.3 is 0 Å². The molecule has 1 N–H and O–H groups in total. The van der Waals surface area contributed by atoms with Crippen molar-refractivity contribution in [3.05, 3.63) is 59.8 Å². The molecule has 0 aliphatic carbocycles. The van der Waals surface area contributed by atoms with E-state index < -0.39 is 0 Å². The Bertz CT molecular complexity index is 529. The molecule has 0 bridgehead atoms. The van der Waals surface area contributed by atoms with Gasteiger partial charge in [0.25, 0.3) is 0 Å². The molecule has 3 heteroatoms. The summed E-state index contributed by atoms with van der Waals surface area (Å²) >= 11 is 0. The first-order valence-corrected chi connectivity index (χ1v) is 5.47. The van der Waals surface area contributed by atoms with Crippen LogP contribution >= 0.6 is 0 Å². The normalized spacial score (nSPS) is 11.5. The van der Waals surface area contributed by atoms with Crippen LogP contribution in [0.3, 0.4) is 0 Å². The maximum atomic E-state index is 8.81. The number of hydrogen-bond acceptors (Lipinski definition) is 3. The highest BCUT2D eigenvalue weighted by Crippen LogP contribution is 2.17. The van der Waals surface area contributed by atoms with E-state index in [1.165, 1.54) is 5.56 Å². The molecular weight excluding hydrogens is 210 g/mol. The Morgan fingerprint density at radius 2 is 2.00 bits per heavy atom. The molecule has 0 fully saturated rings. The number of aromatic nitrogens is 1. The highest BCUT2D eigenvalue weighted by molar-refractivity contribution is 5.44. The molecule has 3 nitrogen and oxygen atoms in total. The van der Waals surface area contributed by atoms with E-state index in [4.69, 9.17) is 5.26 Å². The van der Waals surface area contributed by atoms with Crippen LogP contribution in [0.15, 0.2) is 48.7 Å². The van der Waals surface area contributed by atoms with Crippen LogP contribution in [-0.2, 0) is 0 Å². The fraction of sp³-hybridized carbons (Fsp3) is 0.143. The number of nitrogens with one attached hydrogen (secondary N) is 1. The number of nitriles is 1. The number of benzene rings is 1. The first kappa shape index (κ1) is 11.2. The standard InChI is InChI=1S/C14H13N3/c1-11(13-5-3-2-4-6-13)17-14-9-12(10-15)7-8-16-14/h2-9,11H,1H3,(H,16,17)/t11-/m1/s1. The maximum absolute atomic E-state index is 8.81. The molecular formula is C14H13N3. The van der Waals surface area contributed by atoms with Gasteiger partial charge in [-0.1, -0.05) is 30.3 Å². The Labute approximate surface area is 101 Å². The van der Waals surface area contributed by atoms with E-state index in [0.29, 0.717) is 5.56 Å². The number of hydrogen-bond donors (Lipinski definition) is 1. The fourth-order valence-electron chi connectivity index (χ4n) is 1.63. The summed E-state index contributed by atoms with van der Waals surface area (Å²) < 4.78 is 0. The Hall–Kier alpha value is -2.34. The summed E-state index contributed by atoms with van der Waals surface area (Å²) in [6, 6.07) is 15.8. The lowest BCUT2D eigenvalue weighted by Crippen LogP contribution is -2.07. The summed E-state index contributed by atoms with van der Waals surface area (Å²) in [5, 5.41) is 12.1. The second-order valence-electron chi connectivity index (χ2n) is 3.82. The van der Waals surface area contributed by atoms with Crippen molar-refractivity contribution in [2.24, 2.45) is 0 Å². The van der Waals surface area contributed by atoms with Crippen LogP contribution in [0.2, 0.25) is 0 Å². The quantitative estimate of drug-likeness (QED) is 0.869. The molecule has 0 radical (unpaired) electrons. The monoisotopic (exact) mass is 223 g/mol. The largest absolute Gasteiger partial charge is 0.364 e. The molecule has 2 aromatic rings. The average molecular weight is 223 g/mol. The number of anilines is 1. The van der Waals surface area contributed by atoms with E-state index in [1.54, 1.807) is 18.3 Å². The van der Waals surface area contributed by atoms with Crippen LogP contribution in [0.5, 0.6) is 0 Å². The molecule has 17 heavy (non-hydrogen) atoms. The SMILES string of the molecule is C[C@@H](Nc1cc(C#N)ccn1)c1ccccc1. The zero-order valence-corrected chi connectivity index (χ0v) is 9.59. The number of nitrogens with zero attached hydrogens (tertiary/aromatic N) is 2. The van der Waals surface area contributed by atoms with Gasteiger partial charge in [0, 0.05) is 12.2 Å². The van der Waals surface area contributed by atoms with Crippen molar-refractivity contribution in [3.63, 3.8) is 0 Å². The predicted molar refractivity (Wildman–Crippen MR) is 67.4 cm³/mol. The van der Waals surface area contributed by atoms with Gasteiger partial charge in [0.2, 0.25) is 0 Å². The minimum atomic E-state index is 0.164. The maximum Gasteiger partial charge on any atom is 0.127 e. The Balaban J connectivity index is 2.13. The zero-order chi connectivity index (χ0) is 12.1. The Morgan fingerprint density at radius 3 is 2.71 bits per heavy atom. The van der Waals surface area contributed by atoms with E-state index in [0.717, 1.165) is 5.82 Å². The molecule has 0 saturated carbocycles. The summed E-state index contributed by atoms with van der Waals surface area (Å²) in [5.41, 5.74) is 1.81. The van der Waals surface area contributed by atoms with Crippen LogP contribution < -0.4 is 5.32 Å². The van der Waals surface area contributed by atoms with Crippen molar-refractivity contribution in [2.75, 3.05) is 5.32 Å². The van der Waals surface area contributed by atoms with Crippen molar-refractivity contribution in [3.8, 4) is 6.07 Å². The molecule has 1 atom stereocenters. The summed E-state index contributed by atoms with van der Waals surface area (Å²) in [7, 11) is 0. The summed E-state index contributed by atoms with van der Waals surface area (Å²) in [6.07, 6.45) is 1.64. The molecule has 1 aromatic heterocycles. The molecule has 0 unspecified atom stereocenters. The molecule has 84 valence electrons. The third-order valence-electron chi connectivity index (χ3n) is 2.55. The molecule has 0 aliphatic rings. The molecule has 0 aliphatic heterocycles. The summed E-state index contributed by atoms with van der Waals surface area (Å²) in [5.74, 6) is 0.723. The Morgan fingerprint density at radius 1 is 1.24 bits per heavy atom. The second kappa shape index (κ2) is 5.13.